The summed E-state index contributed by atoms with van der Waals surface area (Å²) in [5.74, 6) is -0.133. The Balaban J connectivity index is 1.71. The zero-order chi connectivity index (χ0) is 18.7. The lowest BCUT2D eigenvalue weighted by Gasteiger charge is -2.16. The van der Waals surface area contributed by atoms with E-state index in [1.807, 2.05) is 4.90 Å². The van der Waals surface area contributed by atoms with Crippen molar-refractivity contribution in [2.45, 2.75) is 25.6 Å². The zero-order valence-electron chi connectivity index (χ0n) is 13.7. The van der Waals surface area contributed by atoms with Gasteiger partial charge in [0.15, 0.2) is 5.69 Å². The number of nitrogens with one attached hydrogen (secondary N) is 1. The van der Waals surface area contributed by atoms with Crippen molar-refractivity contribution < 1.29 is 18.0 Å². The molecule has 0 atom stereocenters. The van der Waals surface area contributed by atoms with Crippen molar-refractivity contribution in [2.75, 3.05) is 18.0 Å². The molecule has 0 aliphatic carbocycles. The molecule has 9 heteroatoms. The molecule has 0 bridgehead atoms. The van der Waals surface area contributed by atoms with Crippen LogP contribution in [0.2, 0.25) is 5.02 Å². The van der Waals surface area contributed by atoms with Crippen LogP contribution in [0.25, 0.3) is 0 Å². The third-order valence-corrected chi connectivity index (χ3v) is 4.32. The van der Waals surface area contributed by atoms with Crippen LogP contribution in [-0.2, 0) is 12.7 Å². The summed E-state index contributed by atoms with van der Waals surface area (Å²) in [4.78, 5) is 22.7. The first kappa shape index (κ1) is 18.4. The topological polar surface area (TPSA) is 58.1 Å². The molecule has 2 aromatic rings. The average Bonchev–Trinajstić information content (AvgIpc) is 3.14. The molecule has 1 aliphatic rings. The molecule has 3 rings (SSSR count). The fourth-order valence-electron chi connectivity index (χ4n) is 2.71. The number of anilines is 1. The lowest BCUT2D eigenvalue weighted by molar-refractivity contribution is -0.137. The number of halogens is 4. The molecule has 1 fully saturated rings. The maximum atomic E-state index is 12.8. The molecule has 1 aromatic carbocycles. The summed E-state index contributed by atoms with van der Waals surface area (Å²) in [5, 5.41) is 2.65. The highest BCUT2D eigenvalue weighted by atomic mass is 35.5. The van der Waals surface area contributed by atoms with Gasteiger partial charge in [-0.15, -0.1) is 0 Å². The Labute approximate surface area is 153 Å². The van der Waals surface area contributed by atoms with Crippen molar-refractivity contribution in [1.29, 1.82) is 0 Å². The molecule has 1 aromatic heterocycles. The second-order valence-electron chi connectivity index (χ2n) is 5.94. The molecular formula is C17H16ClF3N4O. The molecule has 138 valence electrons. The van der Waals surface area contributed by atoms with Crippen LogP contribution in [0.5, 0.6) is 0 Å². The van der Waals surface area contributed by atoms with Gasteiger partial charge in [0.25, 0.3) is 5.91 Å². The van der Waals surface area contributed by atoms with Gasteiger partial charge in [0, 0.05) is 19.6 Å². The van der Waals surface area contributed by atoms with Crippen molar-refractivity contribution in [1.82, 2.24) is 15.3 Å². The second-order valence-corrected chi connectivity index (χ2v) is 6.35. The van der Waals surface area contributed by atoms with Crippen LogP contribution in [0.3, 0.4) is 0 Å². The molecule has 5 nitrogen and oxygen atoms in total. The summed E-state index contributed by atoms with van der Waals surface area (Å²) < 4.78 is 38.3. The quantitative estimate of drug-likeness (QED) is 0.873. The summed E-state index contributed by atoms with van der Waals surface area (Å²) >= 11 is 6.01. The third-order valence-electron chi connectivity index (χ3n) is 4.04. The molecule has 0 unspecified atom stereocenters. The van der Waals surface area contributed by atoms with Gasteiger partial charge in [-0.2, -0.15) is 13.2 Å². The van der Waals surface area contributed by atoms with Crippen LogP contribution in [0.1, 0.15) is 34.5 Å². The molecule has 1 N–H and O–H groups in total. The molecular weight excluding hydrogens is 369 g/mol. The SMILES string of the molecule is O=C(NCc1cccc(C(F)(F)F)c1)c1nc(N2CCCC2)ncc1Cl. The summed E-state index contributed by atoms with van der Waals surface area (Å²) in [7, 11) is 0. The molecule has 26 heavy (non-hydrogen) atoms. The van der Waals surface area contributed by atoms with E-state index in [-0.39, 0.29) is 17.3 Å². The third kappa shape index (κ3) is 4.24. The van der Waals surface area contributed by atoms with Crippen molar-refractivity contribution in [2.24, 2.45) is 0 Å². The van der Waals surface area contributed by atoms with Gasteiger partial charge in [-0.3, -0.25) is 4.79 Å². The first-order valence-corrected chi connectivity index (χ1v) is 8.44. The van der Waals surface area contributed by atoms with Crippen LogP contribution in [0.15, 0.2) is 30.5 Å². The Morgan fingerprint density at radius 1 is 1.27 bits per heavy atom. The van der Waals surface area contributed by atoms with Gasteiger partial charge >= 0.3 is 6.18 Å². The van der Waals surface area contributed by atoms with Crippen molar-refractivity contribution >= 4 is 23.5 Å². The molecule has 0 spiro atoms. The van der Waals surface area contributed by atoms with Crippen LogP contribution in [-0.4, -0.2) is 29.0 Å². The number of carbonyl (C=O) groups is 1. The van der Waals surface area contributed by atoms with E-state index < -0.39 is 17.6 Å². The van der Waals surface area contributed by atoms with Gasteiger partial charge in [0.2, 0.25) is 5.95 Å². The lowest BCUT2D eigenvalue weighted by Crippen LogP contribution is -2.27. The van der Waals surface area contributed by atoms with Crippen molar-refractivity contribution in [3.8, 4) is 0 Å². The van der Waals surface area contributed by atoms with E-state index in [4.69, 9.17) is 11.6 Å². The van der Waals surface area contributed by atoms with Gasteiger partial charge in [0.05, 0.1) is 16.8 Å². The fourth-order valence-corrected chi connectivity index (χ4v) is 2.89. The summed E-state index contributed by atoms with van der Waals surface area (Å²) in [5.41, 5.74) is -0.422. The van der Waals surface area contributed by atoms with E-state index in [9.17, 15) is 18.0 Å². The van der Waals surface area contributed by atoms with Gasteiger partial charge in [-0.1, -0.05) is 23.7 Å². The van der Waals surface area contributed by atoms with E-state index in [0.717, 1.165) is 38.1 Å². The minimum Gasteiger partial charge on any atom is -0.347 e. The van der Waals surface area contributed by atoms with E-state index in [1.165, 1.54) is 18.3 Å². The predicted molar refractivity (Wildman–Crippen MR) is 91.1 cm³/mol. The summed E-state index contributed by atoms with van der Waals surface area (Å²) in [6.07, 6.45) is -1.01. The Bertz CT molecular complexity index is 807. The number of benzene rings is 1. The van der Waals surface area contributed by atoms with Gasteiger partial charge in [-0.25, -0.2) is 9.97 Å². The Morgan fingerprint density at radius 3 is 2.69 bits per heavy atom. The highest BCUT2D eigenvalue weighted by molar-refractivity contribution is 6.33. The minimum atomic E-state index is -4.43. The number of aromatic nitrogens is 2. The number of carbonyl (C=O) groups excluding carboxylic acids is 1. The molecule has 1 amide bonds. The van der Waals surface area contributed by atoms with Crippen LogP contribution >= 0.6 is 11.6 Å². The van der Waals surface area contributed by atoms with Crippen molar-refractivity contribution in [3.05, 3.63) is 52.3 Å². The highest BCUT2D eigenvalue weighted by Crippen LogP contribution is 2.29. The van der Waals surface area contributed by atoms with Crippen molar-refractivity contribution in [3.63, 3.8) is 0 Å². The van der Waals surface area contributed by atoms with Gasteiger partial charge in [0.1, 0.15) is 0 Å². The number of hydrogen-bond donors (Lipinski definition) is 1. The Hall–Kier alpha value is -2.35. The first-order chi connectivity index (χ1) is 12.3. The summed E-state index contributed by atoms with van der Waals surface area (Å²) in [6.45, 7) is 1.56. The number of rotatable bonds is 4. The smallest absolute Gasteiger partial charge is 0.347 e. The average molecular weight is 385 g/mol. The fraction of sp³-hybridized carbons (Fsp3) is 0.353. The monoisotopic (exact) mass is 384 g/mol. The predicted octanol–water partition coefficient (Wildman–Crippen LogP) is 3.68. The molecule has 1 aliphatic heterocycles. The largest absolute Gasteiger partial charge is 0.416 e. The van der Waals surface area contributed by atoms with E-state index in [1.54, 1.807) is 0 Å². The molecule has 1 saturated heterocycles. The number of amides is 1. The second kappa shape index (κ2) is 7.49. The highest BCUT2D eigenvalue weighted by Gasteiger charge is 2.30. The zero-order valence-corrected chi connectivity index (χ0v) is 14.4. The van der Waals surface area contributed by atoms with Crippen LogP contribution in [0.4, 0.5) is 19.1 Å². The molecule has 0 saturated carbocycles. The standard InChI is InChI=1S/C17H16ClF3N4O/c18-13-10-23-16(25-6-1-2-7-25)24-14(13)15(26)22-9-11-4-3-5-12(8-11)17(19,20)21/h3-5,8,10H,1-2,6-7,9H2,(H,22,26). The van der Waals surface area contributed by atoms with Crippen LogP contribution in [0, 0.1) is 0 Å². The number of nitrogens with zero attached hydrogens (tertiary/aromatic N) is 3. The molecule has 0 radical (unpaired) electrons. The van der Waals surface area contributed by atoms with E-state index in [2.05, 4.69) is 15.3 Å². The lowest BCUT2D eigenvalue weighted by atomic mass is 10.1. The van der Waals surface area contributed by atoms with E-state index in [0.29, 0.717) is 11.5 Å². The maximum absolute atomic E-state index is 12.8. The number of alkyl halides is 3. The van der Waals surface area contributed by atoms with Gasteiger partial charge < -0.3 is 10.2 Å². The summed E-state index contributed by atoms with van der Waals surface area (Å²) in [6, 6.07) is 4.78. The normalized spacial score (nSPS) is 14.5. The number of hydrogen-bond acceptors (Lipinski definition) is 4. The molecule has 2 heterocycles. The Kier molecular flexibility index (Phi) is 5.31. The Morgan fingerprint density at radius 2 is 2.00 bits per heavy atom. The first-order valence-electron chi connectivity index (χ1n) is 8.06. The minimum absolute atomic E-state index is 0.00976. The van der Waals surface area contributed by atoms with E-state index >= 15 is 0 Å². The maximum Gasteiger partial charge on any atom is 0.416 e. The van der Waals surface area contributed by atoms with Crippen LogP contribution < -0.4 is 10.2 Å². The van der Waals surface area contributed by atoms with Gasteiger partial charge in [-0.05, 0) is 30.5 Å².